The number of carbonyl (C=O) groups excluding carboxylic acids is 1. The summed E-state index contributed by atoms with van der Waals surface area (Å²) in [6.45, 7) is 1.97. The summed E-state index contributed by atoms with van der Waals surface area (Å²) in [5.74, 6) is -0.944. The molecule has 1 atom stereocenters. The van der Waals surface area contributed by atoms with E-state index in [0.29, 0.717) is 11.1 Å². The highest BCUT2D eigenvalue weighted by atomic mass is 32.2. The van der Waals surface area contributed by atoms with Gasteiger partial charge < -0.3 is 4.74 Å². The minimum Gasteiger partial charge on any atom is -0.466 e. The van der Waals surface area contributed by atoms with E-state index in [1.165, 1.54) is 12.1 Å². The van der Waals surface area contributed by atoms with Gasteiger partial charge in [0.1, 0.15) is 0 Å². The Labute approximate surface area is 111 Å². The van der Waals surface area contributed by atoms with Crippen molar-refractivity contribution in [2.75, 3.05) is 12.4 Å². The summed E-state index contributed by atoms with van der Waals surface area (Å²) in [6.07, 6.45) is 0.0228. The van der Waals surface area contributed by atoms with Gasteiger partial charge >= 0.3 is 5.97 Å². The van der Waals surface area contributed by atoms with Crippen molar-refractivity contribution in [2.24, 2.45) is 0 Å². The highest BCUT2D eigenvalue weighted by Crippen LogP contribution is 2.37. The highest BCUT2D eigenvalue weighted by Gasteiger charge is 2.36. The summed E-state index contributed by atoms with van der Waals surface area (Å²) in [5, 5.41) is 8.86. The SMILES string of the molecule is CCOC(=O)CC1CS(=O)(=O)c2ccc(C#N)cc21. The van der Waals surface area contributed by atoms with E-state index in [9.17, 15) is 13.2 Å². The van der Waals surface area contributed by atoms with Crippen LogP contribution in [0.1, 0.15) is 30.4 Å². The Morgan fingerprint density at radius 3 is 2.89 bits per heavy atom. The molecule has 19 heavy (non-hydrogen) atoms. The summed E-state index contributed by atoms with van der Waals surface area (Å²) >= 11 is 0. The van der Waals surface area contributed by atoms with Crippen molar-refractivity contribution in [1.82, 2.24) is 0 Å². The maximum Gasteiger partial charge on any atom is 0.306 e. The maximum atomic E-state index is 12.0. The number of sulfone groups is 1. The van der Waals surface area contributed by atoms with Crippen molar-refractivity contribution in [3.63, 3.8) is 0 Å². The van der Waals surface area contributed by atoms with Crippen molar-refractivity contribution >= 4 is 15.8 Å². The lowest BCUT2D eigenvalue weighted by atomic mass is 9.96. The molecule has 6 heteroatoms. The number of ether oxygens (including phenoxy) is 1. The van der Waals surface area contributed by atoms with Gasteiger partial charge in [0, 0.05) is 5.92 Å². The van der Waals surface area contributed by atoms with Gasteiger partial charge in [0.25, 0.3) is 0 Å². The van der Waals surface area contributed by atoms with E-state index in [1.807, 2.05) is 6.07 Å². The molecule has 1 heterocycles. The first-order valence-corrected chi connectivity index (χ1v) is 7.55. The van der Waals surface area contributed by atoms with Crippen LogP contribution in [0.5, 0.6) is 0 Å². The van der Waals surface area contributed by atoms with Gasteiger partial charge in [-0.3, -0.25) is 4.79 Å². The van der Waals surface area contributed by atoms with Crippen LogP contribution in [0, 0.1) is 11.3 Å². The Balaban J connectivity index is 2.37. The third-order valence-corrected chi connectivity index (χ3v) is 4.94. The number of nitrogens with zero attached hydrogens (tertiary/aromatic N) is 1. The van der Waals surface area contributed by atoms with Crippen LogP contribution in [-0.2, 0) is 19.4 Å². The van der Waals surface area contributed by atoms with E-state index >= 15 is 0 Å². The Hall–Kier alpha value is -1.87. The minimum absolute atomic E-state index is 0.0228. The summed E-state index contributed by atoms with van der Waals surface area (Å²) in [6, 6.07) is 6.43. The van der Waals surface area contributed by atoms with Gasteiger partial charge in [-0.1, -0.05) is 0 Å². The number of fused-ring (bicyclic) bond motifs is 1. The molecule has 0 aliphatic carbocycles. The van der Waals surface area contributed by atoms with Crippen LogP contribution >= 0.6 is 0 Å². The van der Waals surface area contributed by atoms with Crippen LogP contribution in [0.3, 0.4) is 0 Å². The molecule has 1 aliphatic heterocycles. The van der Waals surface area contributed by atoms with Gasteiger partial charge in [-0.15, -0.1) is 0 Å². The molecular formula is C13H13NO4S. The maximum absolute atomic E-state index is 12.0. The van der Waals surface area contributed by atoms with Gasteiger partial charge in [-0.05, 0) is 30.7 Å². The topological polar surface area (TPSA) is 84.2 Å². The molecule has 1 aliphatic rings. The van der Waals surface area contributed by atoms with Crippen LogP contribution in [-0.4, -0.2) is 26.7 Å². The van der Waals surface area contributed by atoms with Crippen LogP contribution in [0.25, 0.3) is 0 Å². The molecule has 1 aromatic carbocycles. The Morgan fingerprint density at radius 1 is 1.53 bits per heavy atom. The van der Waals surface area contributed by atoms with Crippen LogP contribution < -0.4 is 0 Å². The lowest BCUT2D eigenvalue weighted by Gasteiger charge is -2.09. The van der Waals surface area contributed by atoms with Gasteiger partial charge in [0.05, 0.1) is 35.3 Å². The second kappa shape index (κ2) is 5.02. The van der Waals surface area contributed by atoms with Gasteiger partial charge in [-0.25, -0.2) is 8.42 Å². The normalized spacial score (nSPS) is 19.5. The number of carbonyl (C=O) groups is 1. The summed E-state index contributed by atoms with van der Waals surface area (Å²) in [7, 11) is -3.36. The fraction of sp³-hybridized carbons (Fsp3) is 0.385. The van der Waals surface area contributed by atoms with Crippen LogP contribution in [0.4, 0.5) is 0 Å². The highest BCUT2D eigenvalue weighted by molar-refractivity contribution is 7.91. The fourth-order valence-corrected chi connectivity index (χ4v) is 4.12. The van der Waals surface area contributed by atoms with E-state index in [4.69, 9.17) is 10.00 Å². The monoisotopic (exact) mass is 279 g/mol. The molecule has 0 spiro atoms. The minimum atomic E-state index is -3.36. The average molecular weight is 279 g/mol. The van der Waals surface area contributed by atoms with Crippen molar-refractivity contribution < 1.29 is 17.9 Å². The predicted octanol–water partition coefficient (Wildman–Crippen LogP) is 1.38. The molecule has 0 saturated heterocycles. The summed E-state index contributed by atoms with van der Waals surface area (Å²) in [5.41, 5.74) is 0.941. The third kappa shape index (κ3) is 2.61. The zero-order valence-electron chi connectivity index (χ0n) is 10.4. The van der Waals surface area contributed by atoms with Crippen molar-refractivity contribution in [1.29, 1.82) is 5.26 Å². The Kier molecular flexibility index (Phi) is 3.58. The molecule has 0 saturated carbocycles. The quantitative estimate of drug-likeness (QED) is 0.780. The lowest BCUT2D eigenvalue weighted by Crippen LogP contribution is -2.12. The van der Waals surface area contributed by atoms with Gasteiger partial charge in [0.15, 0.2) is 9.84 Å². The molecule has 0 radical (unpaired) electrons. The smallest absolute Gasteiger partial charge is 0.306 e. The van der Waals surface area contributed by atoms with Crippen LogP contribution in [0.2, 0.25) is 0 Å². The second-order valence-corrected chi connectivity index (χ2v) is 6.35. The Bertz CT molecular complexity index is 658. The molecule has 0 aromatic heterocycles. The summed E-state index contributed by atoms with van der Waals surface area (Å²) in [4.78, 5) is 11.7. The molecular weight excluding hydrogens is 266 g/mol. The molecule has 0 fully saturated rings. The molecule has 100 valence electrons. The largest absolute Gasteiger partial charge is 0.466 e. The number of hydrogen-bond donors (Lipinski definition) is 0. The van der Waals surface area contributed by atoms with E-state index < -0.39 is 21.7 Å². The lowest BCUT2D eigenvalue weighted by molar-refractivity contribution is -0.143. The average Bonchev–Trinajstić information content (AvgIpc) is 2.61. The fourth-order valence-electron chi connectivity index (χ4n) is 2.25. The number of esters is 1. The molecule has 1 aromatic rings. The van der Waals surface area contributed by atoms with Gasteiger partial charge in [-0.2, -0.15) is 5.26 Å². The second-order valence-electron chi connectivity index (χ2n) is 4.35. The summed E-state index contributed by atoms with van der Waals surface area (Å²) < 4.78 is 28.8. The number of benzene rings is 1. The van der Waals surface area contributed by atoms with Crippen LogP contribution in [0.15, 0.2) is 23.1 Å². The van der Waals surface area contributed by atoms with E-state index in [1.54, 1.807) is 13.0 Å². The zero-order valence-corrected chi connectivity index (χ0v) is 11.2. The number of nitriles is 1. The Morgan fingerprint density at radius 2 is 2.26 bits per heavy atom. The molecule has 2 rings (SSSR count). The first-order valence-electron chi connectivity index (χ1n) is 5.90. The molecule has 1 unspecified atom stereocenters. The molecule has 0 bridgehead atoms. The van der Waals surface area contributed by atoms with E-state index in [2.05, 4.69) is 0 Å². The molecule has 0 N–H and O–H groups in total. The first-order chi connectivity index (χ1) is 8.97. The van der Waals surface area contributed by atoms with Crippen molar-refractivity contribution in [3.8, 4) is 6.07 Å². The zero-order chi connectivity index (χ0) is 14.0. The van der Waals surface area contributed by atoms with Crippen molar-refractivity contribution in [3.05, 3.63) is 29.3 Å². The third-order valence-electron chi connectivity index (χ3n) is 3.05. The van der Waals surface area contributed by atoms with Crippen molar-refractivity contribution in [2.45, 2.75) is 24.2 Å². The van der Waals surface area contributed by atoms with E-state index in [-0.39, 0.29) is 23.7 Å². The predicted molar refractivity (Wildman–Crippen MR) is 67.2 cm³/mol. The number of hydrogen-bond acceptors (Lipinski definition) is 5. The van der Waals surface area contributed by atoms with E-state index in [0.717, 1.165) is 0 Å². The van der Waals surface area contributed by atoms with Gasteiger partial charge in [0.2, 0.25) is 0 Å². The molecule has 0 amide bonds. The molecule has 5 nitrogen and oxygen atoms in total. The standard InChI is InChI=1S/C13H13NO4S/c1-2-18-13(15)6-10-8-19(16,17)12-4-3-9(7-14)5-11(10)12/h3-5,10H,2,6,8H2,1H3. The first kappa shape index (κ1) is 13.6. The number of rotatable bonds is 3.